The molecular weight excluding hydrogens is 394 g/mol. The number of amides is 1. The van der Waals surface area contributed by atoms with E-state index in [0.29, 0.717) is 6.42 Å². The third-order valence-electron chi connectivity index (χ3n) is 5.19. The number of ketones is 2. The molecule has 1 aliphatic rings. The number of benzene rings is 2. The normalized spacial score (nSPS) is 14.5. The van der Waals surface area contributed by atoms with E-state index in [1.807, 2.05) is 0 Å². The topological polar surface area (TPSA) is 161 Å². The zero-order valence-electron chi connectivity index (χ0n) is 16.1. The van der Waals surface area contributed by atoms with Crippen LogP contribution in [-0.2, 0) is 4.79 Å². The molecule has 1 aliphatic carbocycles. The minimum absolute atomic E-state index is 0.213. The van der Waals surface area contributed by atoms with Gasteiger partial charge in [0.1, 0.15) is 23.3 Å². The van der Waals surface area contributed by atoms with E-state index >= 15 is 0 Å². The molecule has 9 nitrogen and oxygen atoms in total. The fourth-order valence-electron chi connectivity index (χ4n) is 3.38. The van der Waals surface area contributed by atoms with Gasteiger partial charge in [0, 0.05) is 22.8 Å². The molecule has 2 unspecified atom stereocenters. The summed E-state index contributed by atoms with van der Waals surface area (Å²) < 4.78 is 0. The summed E-state index contributed by atoms with van der Waals surface area (Å²) in [6, 6.07) is 2.74. The maximum atomic E-state index is 12.9. The Balaban J connectivity index is 2.06. The minimum Gasteiger partial charge on any atom is -0.508 e. The van der Waals surface area contributed by atoms with E-state index in [1.165, 1.54) is 0 Å². The van der Waals surface area contributed by atoms with Crippen LogP contribution in [0.4, 0.5) is 0 Å². The van der Waals surface area contributed by atoms with Crippen molar-refractivity contribution in [3.63, 3.8) is 0 Å². The summed E-state index contributed by atoms with van der Waals surface area (Å²) in [5.41, 5.74) is -1.53. The fourth-order valence-corrected chi connectivity index (χ4v) is 3.38. The Morgan fingerprint density at radius 3 is 2.07 bits per heavy atom. The molecule has 2 aromatic rings. The van der Waals surface area contributed by atoms with Crippen LogP contribution < -0.4 is 5.32 Å². The second kappa shape index (κ2) is 7.51. The number of rotatable bonds is 5. The van der Waals surface area contributed by atoms with Crippen LogP contribution in [0.3, 0.4) is 0 Å². The Labute approximate surface area is 170 Å². The van der Waals surface area contributed by atoms with Gasteiger partial charge in [-0.2, -0.15) is 0 Å². The van der Waals surface area contributed by atoms with Crippen molar-refractivity contribution in [2.45, 2.75) is 26.3 Å². The Kier molecular flexibility index (Phi) is 5.22. The van der Waals surface area contributed by atoms with Crippen LogP contribution >= 0.6 is 0 Å². The molecule has 9 heteroatoms. The maximum Gasteiger partial charge on any atom is 0.326 e. The van der Waals surface area contributed by atoms with Gasteiger partial charge >= 0.3 is 5.97 Å². The van der Waals surface area contributed by atoms with Gasteiger partial charge < -0.3 is 25.7 Å². The summed E-state index contributed by atoms with van der Waals surface area (Å²) in [5.74, 6) is -5.79. The SMILES string of the molecule is CCC(C)C(NC(=O)c1cc(O)c2c(c1)C(=O)c1cc(O)cc(O)c1C2=O)C(=O)O. The zero-order valence-corrected chi connectivity index (χ0v) is 16.1. The van der Waals surface area contributed by atoms with E-state index < -0.39 is 46.7 Å². The second-order valence-electron chi connectivity index (χ2n) is 7.14. The molecule has 3 rings (SSSR count). The molecule has 156 valence electrons. The minimum atomic E-state index is -1.23. The highest BCUT2D eigenvalue weighted by Crippen LogP contribution is 2.39. The lowest BCUT2D eigenvalue weighted by Gasteiger charge is -2.22. The van der Waals surface area contributed by atoms with Crippen molar-refractivity contribution >= 4 is 23.4 Å². The number of aliphatic carboxylic acids is 1. The van der Waals surface area contributed by atoms with Gasteiger partial charge in [-0.1, -0.05) is 20.3 Å². The summed E-state index contributed by atoms with van der Waals surface area (Å²) in [7, 11) is 0. The van der Waals surface area contributed by atoms with Gasteiger partial charge in [-0.25, -0.2) is 4.79 Å². The number of phenols is 3. The lowest BCUT2D eigenvalue weighted by molar-refractivity contribution is -0.140. The lowest BCUT2D eigenvalue weighted by atomic mass is 9.82. The molecule has 0 heterocycles. The maximum absolute atomic E-state index is 12.9. The first-order chi connectivity index (χ1) is 14.1. The third kappa shape index (κ3) is 3.34. The molecular formula is C21H19NO8. The van der Waals surface area contributed by atoms with Crippen molar-refractivity contribution in [2.75, 3.05) is 0 Å². The van der Waals surface area contributed by atoms with E-state index in [4.69, 9.17) is 0 Å². The van der Waals surface area contributed by atoms with Gasteiger partial charge in [0.15, 0.2) is 5.78 Å². The molecule has 2 atom stereocenters. The summed E-state index contributed by atoms with van der Waals surface area (Å²) in [6.45, 7) is 3.42. The average Bonchev–Trinajstić information content (AvgIpc) is 2.67. The number of hydrogen-bond acceptors (Lipinski definition) is 7. The van der Waals surface area contributed by atoms with E-state index in [0.717, 1.165) is 24.3 Å². The number of hydrogen-bond donors (Lipinski definition) is 5. The predicted octanol–water partition coefficient (Wildman–Crippen LogP) is 1.81. The number of fused-ring (bicyclic) bond motifs is 2. The number of phenolic OH excluding ortho intramolecular Hbond substituents is 3. The van der Waals surface area contributed by atoms with Gasteiger partial charge in [0.2, 0.25) is 5.78 Å². The first-order valence-electron chi connectivity index (χ1n) is 9.12. The molecule has 0 saturated heterocycles. The number of carboxylic acids is 1. The van der Waals surface area contributed by atoms with E-state index in [1.54, 1.807) is 13.8 Å². The van der Waals surface area contributed by atoms with Crippen LogP contribution in [-0.4, -0.2) is 49.9 Å². The van der Waals surface area contributed by atoms with Gasteiger partial charge in [-0.15, -0.1) is 0 Å². The molecule has 0 radical (unpaired) electrons. The molecule has 1 amide bonds. The van der Waals surface area contributed by atoms with Crippen molar-refractivity contribution in [3.8, 4) is 17.2 Å². The smallest absolute Gasteiger partial charge is 0.326 e. The molecule has 2 aromatic carbocycles. The number of carboxylic acid groups (broad SMARTS) is 1. The standard InChI is InChI=1S/C21H19NO8/c1-3-8(2)17(21(29)30)22-20(28)9-4-11-15(13(24)5-9)19(27)16-12(18(11)26)6-10(23)7-14(16)25/h4-8,17,23-25H,3H2,1-2H3,(H,22,28)(H,29,30). The van der Waals surface area contributed by atoms with Crippen LogP contribution in [0.25, 0.3) is 0 Å². The van der Waals surface area contributed by atoms with Gasteiger partial charge in [0.25, 0.3) is 5.91 Å². The Hall–Kier alpha value is -3.88. The first kappa shape index (κ1) is 20.8. The monoisotopic (exact) mass is 413 g/mol. The number of aromatic hydroxyl groups is 3. The number of carbonyl (C=O) groups excluding carboxylic acids is 3. The van der Waals surface area contributed by atoms with Gasteiger partial charge in [-0.3, -0.25) is 14.4 Å². The fraction of sp³-hybridized carbons (Fsp3) is 0.238. The molecule has 0 aliphatic heterocycles. The summed E-state index contributed by atoms with van der Waals surface area (Å²) in [6.07, 6.45) is 0.490. The molecule has 0 fully saturated rings. The molecule has 30 heavy (non-hydrogen) atoms. The van der Waals surface area contributed by atoms with Crippen molar-refractivity contribution in [3.05, 3.63) is 52.1 Å². The third-order valence-corrected chi connectivity index (χ3v) is 5.19. The van der Waals surface area contributed by atoms with Crippen LogP contribution in [0.5, 0.6) is 17.2 Å². The summed E-state index contributed by atoms with van der Waals surface area (Å²) in [5, 5.41) is 41.7. The Bertz CT molecular complexity index is 1100. The number of nitrogens with one attached hydrogen (secondary N) is 1. The Morgan fingerprint density at radius 1 is 0.933 bits per heavy atom. The van der Waals surface area contributed by atoms with E-state index in [2.05, 4.69) is 5.32 Å². The predicted molar refractivity (Wildman–Crippen MR) is 103 cm³/mol. The largest absolute Gasteiger partial charge is 0.508 e. The van der Waals surface area contributed by atoms with Crippen LogP contribution in [0.2, 0.25) is 0 Å². The summed E-state index contributed by atoms with van der Waals surface area (Å²) >= 11 is 0. The Morgan fingerprint density at radius 2 is 1.50 bits per heavy atom. The molecule has 5 N–H and O–H groups in total. The highest BCUT2D eigenvalue weighted by molar-refractivity contribution is 6.30. The molecule has 0 saturated carbocycles. The van der Waals surface area contributed by atoms with Crippen molar-refractivity contribution < 1.29 is 39.6 Å². The summed E-state index contributed by atoms with van der Waals surface area (Å²) in [4.78, 5) is 49.7. The van der Waals surface area contributed by atoms with Crippen molar-refractivity contribution in [1.82, 2.24) is 5.32 Å². The highest BCUT2D eigenvalue weighted by atomic mass is 16.4. The zero-order chi connectivity index (χ0) is 22.3. The lowest BCUT2D eigenvalue weighted by Crippen LogP contribution is -2.45. The highest BCUT2D eigenvalue weighted by Gasteiger charge is 2.36. The second-order valence-corrected chi connectivity index (χ2v) is 7.14. The van der Waals surface area contributed by atoms with Gasteiger partial charge in [-0.05, 0) is 24.1 Å². The van der Waals surface area contributed by atoms with Crippen molar-refractivity contribution in [2.24, 2.45) is 5.92 Å². The number of carbonyl (C=O) groups is 4. The molecule has 0 aromatic heterocycles. The quantitative estimate of drug-likeness (QED) is 0.423. The molecule has 0 spiro atoms. The van der Waals surface area contributed by atoms with Gasteiger partial charge in [0.05, 0.1) is 11.1 Å². The van der Waals surface area contributed by atoms with Crippen molar-refractivity contribution in [1.29, 1.82) is 0 Å². The van der Waals surface area contributed by atoms with E-state index in [9.17, 15) is 39.6 Å². The molecule has 0 bridgehead atoms. The first-order valence-corrected chi connectivity index (χ1v) is 9.12. The average molecular weight is 413 g/mol. The van der Waals surface area contributed by atoms with Crippen LogP contribution in [0.15, 0.2) is 24.3 Å². The van der Waals surface area contributed by atoms with E-state index in [-0.39, 0.29) is 33.7 Å². The van der Waals surface area contributed by atoms with Crippen LogP contribution in [0, 0.1) is 5.92 Å². The van der Waals surface area contributed by atoms with Crippen LogP contribution in [0.1, 0.15) is 62.5 Å².